The number of nitrogens with two attached hydrogens (primary N) is 1. The maximum Gasteiger partial charge on any atom is 0.262 e. The molecular weight excluding hydrogens is 394 g/mol. The molecule has 1 aliphatic heterocycles. The standard InChI is InChI=1S/C20H23N3O5S/c1-2-14-5-6-15(12-18(14)29(21,26)27)22-19(24)13-28-17-9-7-16(8-10-17)23-11-3-4-20(23)25/h5-10,12H,2-4,11,13H2,1H3,(H,22,24)(H2,21,26,27). The monoisotopic (exact) mass is 417 g/mol. The number of amides is 2. The molecule has 2 aromatic rings. The molecular formula is C20H23N3O5S. The van der Waals surface area contributed by atoms with Gasteiger partial charge >= 0.3 is 0 Å². The largest absolute Gasteiger partial charge is 0.484 e. The topological polar surface area (TPSA) is 119 Å². The summed E-state index contributed by atoms with van der Waals surface area (Å²) in [4.78, 5) is 25.6. The van der Waals surface area contributed by atoms with Gasteiger partial charge in [-0.2, -0.15) is 0 Å². The molecule has 1 heterocycles. The summed E-state index contributed by atoms with van der Waals surface area (Å²) < 4.78 is 28.9. The summed E-state index contributed by atoms with van der Waals surface area (Å²) in [5.41, 5.74) is 1.71. The van der Waals surface area contributed by atoms with E-state index in [1.807, 2.05) is 6.92 Å². The molecule has 1 aliphatic rings. The van der Waals surface area contributed by atoms with Crippen molar-refractivity contribution in [2.75, 3.05) is 23.4 Å². The number of carbonyl (C=O) groups excluding carboxylic acids is 2. The van der Waals surface area contributed by atoms with Gasteiger partial charge in [0.05, 0.1) is 4.90 Å². The number of nitrogens with zero attached hydrogens (tertiary/aromatic N) is 1. The lowest BCUT2D eigenvalue weighted by molar-refractivity contribution is -0.118. The van der Waals surface area contributed by atoms with Gasteiger partial charge in [0.2, 0.25) is 15.9 Å². The number of nitrogens with one attached hydrogen (secondary N) is 1. The van der Waals surface area contributed by atoms with Gasteiger partial charge < -0.3 is 15.0 Å². The summed E-state index contributed by atoms with van der Waals surface area (Å²) in [7, 11) is -3.88. The quantitative estimate of drug-likeness (QED) is 0.715. The summed E-state index contributed by atoms with van der Waals surface area (Å²) in [5.74, 6) is 0.154. The molecule has 29 heavy (non-hydrogen) atoms. The molecule has 0 bridgehead atoms. The molecule has 8 nitrogen and oxygen atoms in total. The number of rotatable bonds is 7. The van der Waals surface area contributed by atoms with E-state index in [9.17, 15) is 18.0 Å². The molecule has 154 valence electrons. The Morgan fingerprint density at radius 2 is 1.93 bits per heavy atom. The van der Waals surface area contributed by atoms with E-state index in [4.69, 9.17) is 9.88 Å². The van der Waals surface area contributed by atoms with Gasteiger partial charge in [-0.3, -0.25) is 9.59 Å². The van der Waals surface area contributed by atoms with Crippen molar-refractivity contribution in [3.05, 3.63) is 48.0 Å². The van der Waals surface area contributed by atoms with Crippen LogP contribution >= 0.6 is 0 Å². The molecule has 1 fully saturated rings. The Hall–Kier alpha value is -2.91. The number of sulfonamides is 1. The number of hydrogen-bond acceptors (Lipinski definition) is 5. The molecule has 3 rings (SSSR count). The van der Waals surface area contributed by atoms with Crippen LogP contribution in [-0.2, 0) is 26.0 Å². The molecule has 2 amide bonds. The van der Waals surface area contributed by atoms with E-state index >= 15 is 0 Å². The lowest BCUT2D eigenvalue weighted by atomic mass is 10.1. The van der Waals surface area contributed by atoms with Crippen LogP contribution in [0.5, 0.6) is 5.75 Å². The molecule has 2 aromatic carbocycles. The fourth-order valence-electron chi connectivity index (χ4n) is 3.18. The number of benzene rings is 2. The van der Waals surface area contributed by atoms with Crippen LogP contribution in [0.15, 0.2) is 47.4 Å². The van der Waals surface area contributed by atoms with Crippen molar-refractivity contribution in [3.63, 3.8) is 0 Å². The van der Waals surface area contributed by atoms with Crippen LogP contribution in [0.1, 0.15) is 25.3 Å². The number of ether oxygens (including phenoxy) is 1. The van der Waals surface area contributed by atoms with Crippen molar-refractivity contribution in [2.24, 2.45) is 5.14 Å². The second-order valence-electron chi connectivity index (χ2n) is 6.70. The SMILES string of the molecule is CCc1ccc(NC(=O)COc2ccc(N3CCCC3=O)cc2)cc1S(N)(=O)=O. The molecule has 0 atom stereocenters. The predicted molar refractivity (Wildman–Crippen MR) is 109 cm³/mol. The molecule has 0 aromatic heterocycles. The fourth-order valence-corrected chi connectivity index (χ4v) is 4.05. The Bertz CT molecular complexity index is 1020. The summed E-state index contributed by atoms with van der Waals surface area (Å²) in [5, 5.41) is 7.84. The second-order valence-corrected chi connectivity index (χ2v) is 8.23. The first kappa shape index (κ1) is 20.8. The molecule has 1 saturated heterocycles. The first-order chi connectivity index (χ1) is 13.8. The van der Waals surface area contributed by atoms with Crippen molar-refractivity contribution >= 4 is 33.2 Å². The third kappa shape index (κ3) is 5.12. The minimum atomic E-state index is -3.88. The van der Waals surface area contributed by atoms with Crippen LogP contribution < -0.4 is 20.1 Å². The number of carbonyl (C=O) groups is 2. The Labute approximate surface area is 169 Å². The second kappa shape index (κ2) is 8.62. The highest BCUT2D eigenvalue weighted by Crippen LogP contribution is 2.24. The first-order valence-corrected chi connectivity index (χ1v) is 10.8. The van der Waals surface area contributed by atoms with Gasteiger partial charge in [-0.1, -0.05) is 13.0 Å². The predicted octanol–water partition coefficient (Wildman–Crippen LogP) is 2.04. The smallest absolute Gasteiger partial charge is 0.262 e. The molecule has 0 radical (unpaired) electrons. The number of anilines is 2. The van der Waals surface area contributed by atoms with E-state index in [0.717, 1.165) is 12.1 Å². The molecule has 3 N–H and O–H groups in total. The van der Waals surface area contributed by atoms with Crippen LogP contribution in [0.4, 0.5) is 11.4 Å². The zero-order valence-electron chi connectivity index (χ0n) is 16.1. The van der Waals surface area contributed by atoms with E-state index in [1.54, 1.807) is 41.3 Å². The minimum absolute atomic E-state index is 0.00855. The summed E-state index contributed by atoms with van der Waals surface area (Å²) >= 11 is 0. The Morgan fingerprint density at radius 3 is 2.52 bits per heavy atom. The zero-order valence-corrected chi connectivity index (χ0v) is 16.9. The summed E-state index contributed by atoms with van der Waals surface area (Å²) in [6.45, 7) is 2.28. The Balaban J connectivity index is 1.59. The maximum atomic E-state index is 12.2. The molecule has 0 unspecified atom stereocenters. The van der Waals surface area contributed by atoms with Gasteiger partial charge in [-0.05, 0) is 54.8 Å². The molecule has 0 aliphatic carbocycles. The highest BCUT2D eigenvalue weighted by molar-refractivity contribution is 7.89. The Morgan fingerprint density at radius 1 is 1.21 bits per heavy atom. The van der Waals surface area contributed by atoms with Gasteiger partial charge in [0.15, 0.2) is 6.61 Å². The first-order valence-electron chi connectivity index (χ1n) is 9.26. The number of hydrogen-bond donors (Lipinski definition) is 2. The van der Waals surface area contributed by atoms with Crippen molar-refractivity contribution in [1.29, 1.82) is 0 Å². The van der Waals surface area contributed by atoms with Crippen LogP contribution in [0.2, 0.25) is 0 Å². The average molecular weight is 417 g/mol. The molecule has 0 spiro atoms. The fraction of sp³-hybridized carbons (Fsp3) is 0.300. The van der Waals surface area contributed by atoms with Gasteiger partial charge in [0, 0.05) is 24.3 Å². The maximum absolute atomic E-state index is 12.2. The molecule has 9 heteroatoms. The highest BCUT2D eigenvalue weighted by atomic mass is 32.2. The van der Waals surface area contributed by atoms with Crippen LogP contribution in [0, 0.1) is 0 Å². The van der Waals surface area contributed by atoms with Crippen molar-refractivity contribution < 1.29 is 22.7 Å². The van der Waals surface area contributed by atoms with Crippen LogP contribution in [0.25, 0.3) is 0 Å². The van der Waals surface area contributed by atoms with Crippen LogP contribution in [0.3, 0.4) is 0 Å². The van der Waals surface area contributed by atoms with E-state index in [0.29, 0.717) is 36.4 Å². The van der Waals surface area contributed by atoms with Crippen molar-refractivity contribution in [2.45, 2.75) is 31.1 Å². The normalized spacial score (nSPS) is 14.1. The average Bonchev–Trinajstić information content (AvgIpc) is 3.12. The Kier molecular flexibility index (Phi) is 6.19. The minimum Gasteiger partial charge on any atom is -0.484 e. The zero-order chi connectivity index (χ0) is 21.0. The van der Waals surface area contributed by atoms with Crippen molar-refractivity contribution in [1.82, 2.24) is 0 Å². The number of primary sulfonamides is 1. The van der Waals surface area contributed by atoms with Crippen molar-refractivity contribution in [3.8, 4) is 5.75 Å². The lowest BCUT2D eigenvalue weighted by Crippen LogP contribution is -2.23. The molecule has 0 saturated carbocycles. The summed E-state index contributed by atoms with van der Waals surface area (Å²) in [6, 6.07) is 11.5. The van der Waals surface area contributed by atoms with Gasteiger partial charge in [-0.25, -0.2) is 13.6 Å². The number of aryl methyl sites for hydroxylation is 1. The van der Waals surface area contributed by atoms with E-state index in [-0.39, 0.29) is 17.4 Å². The van der Waals surface area contributed by atoms with Crippen LogP contribution in [-0.4, -0.2) is 33.4 Å². The lowest BCUT2D eigenvalue weighted by Gasteiger charge is -2.16. The summed E-state index contributed by atoms with van der Waals surface area (Å²) in [6.07, 6.45) is 1.91. The van der Waals surface area contributed by atoms with E-state index < -0.39 is 15.9 Å². The van der Waals surface area contributed by atoms with Gasteiger partial charge in [0.25, 0.3) is 5.91 Å². The van der Waals surface area contributed by atoms with E-state index in [1.165, 1.54) is 6.07 Å². The third-order valence-electron chi connectivity index (χ3n) is 4.63. The third-order valence-corrected chi connectivity index (χ3v) is 5.62. The van der Waals surface area contributed by atoms with E-state index in [2.05, 4.69) is 5.32 Å². The van der Waals surface area contributed by atoms with Gasteiger partial charge in [0.1, 0.15) is 5.75 Å². The highest BCUT2D eigenvalue weighted by Gasteiger charge is 2.21. The van der Waals surface area contributed by atoms with Gasteiger partial charge in [-0.15, -0.1) is 0 Å².